The number of benzene rings is 1. The first-order valence-corrected chi connectivity index (χ1v) is 10.7. The minimum absolute atomic E-state index is 0.117. The van der Waals surface area contributed by atoms with Crippen LogP contribution >= 0.6 is 0 Å². The summed E-state index contributed by atoms with van der Waals surface area (Å²) in [4.78, 5) is 14.9. The summed E-state index contributed by atoms with van der Waals surface area (Å²) in [6.45, 7) is 1.92. The Hall–Kier alpha value is -2.37. The molecule has 0 unspecified atom stereocenters. The second-order valence-corrected chi connectivity index (χ2v) is 8.06. The molecule has 2 aliphatic rings. The lowest BCUT2D eigenvalue weighted by Crippen LogP contribution is -2.34. The van der Waals surface area contributed by atoms with E-state index < -0.39 is 0 Å². The van der Waals surface area contributed by atoms with Crippen LogP contribution in [0.5, 0.6) is 0 Å². The van der Waals surface area contributed by atoms with Crippen LogP contribution in [-0.2, 0) is 11.2 Å². The molecule has 1 aromatic carbocycles. The van der Waals surface area contributed by atoms with Crippen LogP contribution in [0.25, 0.3) is 0 Å². The molecule has 6 nitrogen and oxygen atoms in total. The molecule has 1 aliphatic heterocycles. The number of carbonyl (C=O) groups is 1. The van der Waals surface area contributed by atoms with Crippen LogP contribution in [0.1, 0.15) is 68.9 Å². The van der Waals surface area contributed by atoms with Crippen molar-refractivity contribution < 1.29 is 9.21 Å². The zero-order valence-corrected chi connectivity index (χ0v) is 16.5. The van der Waals surface area contributed by atoms with Gasteiger partial charge >= 0.3 is 6.01 Å². The number of hydrogen-bond donors (Lipinski definition) is 1. The van der Waals surface area contributed by atoms with Crippen molar-refractivity contribution in [3.8, 4) is 0 Å². The summed E-state index contributed by atoms with van der Waals surface area (Å²) in [6, 6.07) is 10.5. The van der Waals surface area contributed by atoms with E-state index in [1.807, 2.05) is 18.2 Å². The maximum absolute atomic E-state index is 12.8. The van der Waals surface area contributed by atoms with Gasteiger partial charge in [-0.3, -0.25) is 4.79 Å². The van der Waals surface area contributed by atoms with Gasteiger partial charge in [-0.15, -0.1) is 5.10 Å². The molecule has 2 heterocycles. The van der Waals surface area contributed by atoms with Crippen molar-refractivity contribution in [1.29, 1.82) is 0 Å². The quantitative estimate of drug-likeness (QED) is 0.816. The van der Waals surface area contributed by atoms with Crippen LogP contribution in [0.2, 0.25) is 0 Å². The molecule has 2 fully saturated rings. The number of nitrogens with zero attached hydrogens (tertiary/aromatic N) is 3. The molecule has 1 atom stereocenters. The number of nitrogens with one attached hydrogen (secondary N) is 1. The number of aromatic nitrogens is 2. The first-order valence-electron chi connectivity index (χ1n) is 10.7. The number of hydrogen-bond acceptors (Lipinski definition) is 5. The zero-order valence-electron chi connectivity index (χ0n) is 16.5. The molecular weight excluding hydrogens is 352 g/mol. The third-order valence-corrected chi connectivity index (χ3v) is 5.93. The van der Waals surface area contributed by atoms with Crippen molar-refractivity contribution in [1.82, 2.24) is 15.5 Å². The summed E-state index contributed by atoms with van der Waals surface area (Å²) in [5.74, 6) is 0.744. The fourth-order valence-electron chi connectivity index (χ4n) is 4.28. The van der Waals surface area contributed by atoms with Gasteiger partial charge in [0.05, 0.1) is 0 Å². The van der Waals surface area contributed by atoms with Gasteiger partial charge in [0, 0.05) is 25.4 Å². The van der Waals surface area contributed by atoms with Crippen molar-refractivity contribution in [3.05, 3.63) is 41.8 Å². The van der Waals surface area contributed by atoms with Gasteiger partial charge in [-0.2, -0.15) is 0 Å². The molecule has 150 valence electrons. The van der Waals surface area contributed by atoms with Gasteiger partial charge in [-0.1, -0.05) is 61.1 Å². The number of carbonyl (C=O) groups excluding carboxylic acids is 1. The van der Waals surface area contributed by atoms with E-state index in [0.29, 0.717) is 18.3 Å². The average molecular weight is 383 g/mol. The van der Waals surface area contributed by atoms with Crippen molar-refractivity contribution in [2.24, 2.45) is 5.92 Å². The highest BCUT2D eigenvalue weighted by Gasteiger charge is 2.28. The Bertz CT molecular complexity index is 747. The molecule has 4 rings (SSSR count). The zero-order chi connectivity index (χ0) is 19.2. The van der Waals surface area contributed by atoms with E-state index in [2.05, 4.69) is 32.5 Å². The summed E-state index contributed by atoms with van der Waals surface area (Å²) >= 11 is 0. The number of rotatable bonds is 6. The van der Waals surface area contributed by atoms with E-state index in [0.717, 1.165) is 57.2 Å². The van der Waals surface area contributed by atoms with E-state index in [4.69, 9.17) is 4.42 Å². The lowest BCUT2D eigenvalue weighted by molar-refractivity contribution is -0.125. The molecule has 1 saturated heterocycles. The Morgan fingerprint density at radius 3 is 2.46 bits per heavy atom. The molecule has 1 amide bonds. The van der Waals surface area contributed by atoms with Crippen LogP contribution in [0, 0.1) is 5.92 Å². The molecule has 28 heavy (non-hydrogen) atoms. The van der Waals surface area contributed by atoms with Crippen LogP contribution < -0.4 is 10.2 Å². The molecule has 1 N–H and O–H groups in total. The Labute approximate surface area is 166 Å². The van der Waals surface area contributed by atoms with Crippen molar-refractivity contribution in [2.45, 2.75) is 63.8 Å². The van der Waals surface area contributed by atoms with Crippen molar-refractivity contribution >= 4 is 11.9 Å². The molecule has 0 radical (unpaired) electrons. The smallest absolute Gasteiger partial charge is 0.318 e. The second kappa shape index (κ2) is 9.22. The average Bonchev–Trinajstić information content (AvgIpc) is 3.36. The van der Waals surface area contributed by atoms with Crippen LogP contribution in [0.3, 0.4) is 0 Å². The summed E-state index contributed by atoms with van der Waals surface area (Å²) in [7, 11) is 0. The first kappa shape index (κ1) is 19.0. The summed E-state index contributed by atoms with van der Waals surface area (Å²) in [6.07, 6.45) is 9.72. The normalized spacial score (nSPS) is 19.4. The fourth-order valence-corrected chi connectivity index (χ4v) is 4.28. The predicted octanol–water partition coefficient (Wildman–Crippen LogP) is 4.04. The Kier molecular flexibility index (Phi) is 6.24. The standard InChI is InChI=1S/C22H30N4O2/c27-20(18-12-6-7-13-18)23-19(16-17-10-4-3-5-11-17)21-24-25-22(28-21)26-14-8-1-2-9-15-26/h3-5,10-11,18-19H,1-2,6-9,12-16H2,(H,23,27)/t19-/m0/s1. The fraction of sp³-hybridized carbons (Fsp3) is 0.591. The van der Waals surface area contributed by atoms with E-state index in [1.165, 1.54) is 12.8 Å². The highest BCUT2D eigenvalue weighted by atomic mass is 16.4. The minimum atomic E-state index is -0.288. The lowest BCUT2D eigenvalue weighted by atomic mass is 10.0. The summed E-state index contributed by atoms with van der Waals surface area (Å²) in [5.41, 5.74) is 1.15. The molecule has 1 aromatic heterocycles. The Balaban J connectivity index is 1.51. The van der Waals surface area contributed by atoms with E-state index in [1.54, 1.807) is 0 Å². The SMILES string of the molecule is O=C(N[C@@H](Cc1ccccc1)c1nnc(N2CCCCCC2)o1)C1CCCC1. The number of anilines is 1. The van der Waals surface area contributed by atoms with E-state index >= 15 is 0 Å². The molecule has 1 aliphatic carbocycles. The molecule has 0 bridgehead atoms. The molecule has 6 heteroatoms. The van der Waals surface area contributed by atoms with Crippen molar-refractivity contribution in [3.63, 3.8) is 0 Å². The minimum Gasteiger partial charge on any atom is -0.406 e. The van der Waals surface area contributed by atoms with Gasteiger partial charge in [0.25, 0.3) is 0 Å². The second-order valence-electron chi connectivity index (χ2n) is 8.06. The topological polar surface area (TPSA) is 71.3 Å². The van der Waals surface area contributed by atoms with Crippen LogP contribution in [0.15, 0.2) is 34.7 Å². The van der Waals surface area contributed by atoms with Gasteiger partial charge in [0.2, 0.25) is 11.8 Å². The molecular formula is C22H30N4O2. The van der Waals surface area contributed by atoms with Gasteiger partial charge in [-0.05, 0) is 31.2 Å². The molecule has 0 spiro atoms. The largest absolute Gasteiger partial charge is 0.406 e. The van der Waals surface area contributed by atoms with Gasteiger partial charge in [-0.25, -0.2) is 0 Å². The van der Waals surface area contributed by atoms with Gasteiger partial charge in [0.15, 0.2) is 0 Å². The Morgan fingerprint density at radius 1 is 1.04 bits per heavy atom. The van der Waals surface area contributed by atoms with Crippen LogP contribution in [-0.4, -0.2) is 29.2 Å². The predicted molar refractivity (Wildman–Crippen MR) is 108 cm³/mol. The third kappa shape index (κ3) is 4.72. The molecule has 1 saturated carbocycles. The maximum Gasteiger partial charge on any atom is 0.318 e. The summed E-state index contributed by atoms with van der Waals surface area (Å²) < 4.78 is 6.07. The van der Waals surface area contributed by atoms with Crippen molar-refractivity contribution in [2.75, 3.05) is 18.0 Å². The first-order chi connectivity index (χ1) is 13.8. The van der Waals surface area contributed by atoms with E-state index in [9.17, 15) is 4.79 Å². The highest BCUT2D eigenvalue weighted by molar-refractivity contribution is 5.79. The maximum atomic E-state index is 12.8. The Morgan fingerprint density at radius 2 is 1.75 bits per heavy atom. The van der Waals surface area contributed by atoms with Gasteiger partial charge < -0.3 is 14.6 Å². The summed E-state index contributed by atoms with van der Waals surface area (Å²) in [5, 5.41) is 11.8. The van der Waals surface area contributed by atoms with E-state index in [-0.39, 0.29) is 17.9 Å². The number of amides is 1. The highest BCUT2D eigenvalue weighted by Crippen LogP contribution is 2.27. The van der Waals surface area contributed by atoms with Gasteiger partial charge in [0.1, 0.15) is 6.04 Å². The molecule has 2 aromatic rings. The third-order valence-electron chi connectivity index (χ3n) is 5.93. The van der Waals surface area contributed by atoms with Crippen LogP contribution in [0.4, 0.5) is 6.01 Å². The lowest BCUT2D eigenvalue weighted by Gasteiger charge is -2.19. The monoisotopic (exact) mass is 382 g/mol.